The van der Waals surface area contributed by atoms with Crippen LogP contribution < -0.4 is 9.62 Å². The van der Waals surface area contributed by atoms with Crippen molar-refractivity contribution in [3.8, 4) is 0 Å². The Labute approximate surface area is 132 Å². The summed E-state index contributed by atoms with van der Waals surface area (Å²) < 4.78 is 32.0. The lowest BCUT2D eigenvalue weighted by Gasteiger charge is -2.33. The summed E-state index contributed by atoms with van der Waals surface area (Å²) in [6.45, 7) is 5.11. The summed E-state index contributed by atoms with van der Waals surface area (Å²) >= 11 is 0. The summed E-state index contributed by atoms with van der Waals surface area (Å²) in [5.41, 5.74) is 0.867. The molecule has 124 valence electrons. The Morgan fingerprint density at radius 1 is 1.45 bits per heavy atom. The Bertz CT molecular complexity index is 576. The molecule has 2 atom stereocenters. The summed E-state index contributed by atoms with van der Waals surface area (Å²) in [4.78, 5) is 2.07. The molecule has 1 N–H and O–H groups in total. The molecule has 8 heteroatoms. The van der Waals surface area contributed by atoms with Gasteiger partial charge in [0, 0.05) is 26.2 Å². The SMILES string of the molecule is CO[C@@H](C)CS(=O)(=O)N[C@H]1CCCN(c2ccc(C)nn2)C1. The molecule has 22 heavy (non-hydrogen) atoms. The third kappa shape index (κ3) is 4.89. The first-order valence-electron chi connectivity index (χ1n) is 7.47. The minimum Gasteiger partial charge on any atom is -0.381 e. The van der Waals surface area contributed by atoms with E-state index in [-0.39, 0.29) is 17.9 Å². The number of hydrogen-bond donors (Lipinski definition) is 1. The Kier molecular flexibility index (Phi) is 5.71. The van der Waals surface area contributed by atoms with Crippen LogP contribution in [0, 0.1) is 6.92 Å². The largest absolute Gasteiger partial charge is 0.381 e. The molecule has 1 aromatic rings. The fourth-order valence-corrected chi connectivity index (χ4v) is 4.07. The summed E-state index contributed by atoms with van der Waals surface area (Å²) in [5, 5.41) is 8.23. The number of hydrogen-bond acceptors (Lipinski definition) is 6. The molecular weight excluding hydrogens is 304 g/mol. The van der Waals surface area contributed by atoms with Crippen LogP contribution in [-0.4, -0.2) is 56.7 Å². The van der Waals surface area contributed by atoms with Gasteiger partial charge in [-0.3, -0.25) is 0 Å². The quantitative estimate of drug-likeness (QED) is 0.828. The van der Waals surface area contributed by atoms with Gasteiger partial charge in [0.2, 0.25) is 10.0 Å². The van der Waals surface area contributed by atoms with E-state index in [1.54, 1.807) is 6.92 Å². The number of aryl methyl sites for hydroxylation is 1. The van der Waals surface area contributed by atoms with Crippen molar-refractivity contribution < 1.29 is 13.2 Å². The number of aromatic nitrogens is 2. The number of sulfonamides is 1. The Hall–Kier alpha value is -1.25. The van der Waals surface area contributed by atoms with Gasteiger partial charge in [0.25, 0.3) is 0 Å². The normalized spacial score (nSPS) is 20.9. The lowest BCUT2D eigenvalue weighted by atomic mass is 10.1. The maximum atomic E-state index is 12.1. The highest BCUT2D eigenvalue weighted by molar-refractivity contribution is 7.89. The van der Waals surface area contributed by atoms with Crippen molar-refractivity contribution in [1.29, 1.82) is 0 Å². The second-order valence-electron chi connectivity index (χ2n) is 5.76. The monoisotopic (exact) mass is 328 g/mol. The van der Waals surface area contributed by atoms with Crippen LogP contribution >= 0.6 is 0 Å². The first-order chi connectivity index (χ1) is 10.4. The highest BCUT2D eigenvalue weighted by Crippen LogP contribution is 2.17. The molecule has 1 aliphatic rings. The van der Waals surface area contributed by atoms with Crippen LogP contribution in [-0.2, 0) is 14.8 Å². The van der Waals surface area contributed by atoms with Crippen LogP contribution in [0.4, 0.5) is 5.82 Å². The van der Waals surface area contributed by atoms with Crippen molar-refractivity contribution in [2.75, 3.05) is 30.9 Å². The van der Waals surface area contributed by atoms with Gasteiger partial charge in [0.05, 0.1) is 17.6 Å². The Morgan fingerprint density at radius 3 is 2.86 bits per heavy atom. The van der Waals surface area contributed by atoms with Crippen LogP contribution in [0.15, 0.2) is 12.1 Å². The number of ether oxygens (including phenoxy) is 1. The molecule has 0 spiro atoms. The third-order valence-electron chi connectivity index (χ3n) is 3.73. The molecule has 0 radical (unpaired) electrons. The number of piperidine rings is 1. The smallest absolute Gasteiger partial charge is 0.214 e. The number of anilines is 1. The fraction of sp³-hybridized carbons (Fsp3) is 0.714. The number of rotatable bonds is 6. The molecule has 0 unspecified atom stereocenters. The lowest BCUT2D eigenvalue weighted by Crippen LogP contribution is -2.49. The highest BCUT2D eigenvalue weighted by Gasteiger charge is 2.26. The van der Waals surface area contributed by atoms with E-state index in [9.17, 15) is 8.42 Å². The molecule has 1 aromatic heterocycles. The molecule has 0 bridgehead atoms. The summed E-state index contributed by atoms with van der Waals surface area (Å²) in [5.74, 6) is 0.768. The zero-order valence-corrected chi connectivity index (χ0v) is 14.1. The summed E-state index contributed by atoms with van der Waals surface area (Å²) in [6.07, 6.45) is 1.43. The molecular formula is C14H24N4O3S. The average molecular weight is 328 g/mol. The molecule has 1 saturated heterocycles. The van der Waals surface area contributed by atoms with Crippen molar-refractivity contribution in [2.45, 2.75) is 38.8 Å². The Balaban J connectivity index is 1.97. The first kappa shape index (κ1) is 17.1. The molecule has 0 aliphatic carbocycles. The standard InChI is InChI=1S/C14H24N4O3S/c1-11-6-7-14(16-15-11)18-8-4-5-13(9-18)17-22(19,20)10-12(2)21-3/h6-7,12-13,17H,4-5,8-10H2,1-3H3/t12-,13-/m0/s1. The van der Waals surface area contributed by atoms with Gasteiger partial charge in [-0.1, -0.05) is 0 Å². The maximum absolute atomic E-state index is 12.1. The maximum Gasteiger partial charge on any atom is 0.214 e. The van der Waals surface area contributed by atoms with Gasteiger partial charge < -0.3 is 9.64 Å². The van der Waals surface area contributed by atoms with Crippen LogP contribution in [0.1, 0.15) is 25.5 Å². The molecule has 1 aliphatic heterocycles. The van der Waals surface area contributed by atoms with E-state index in [1.165, 1.54) is 7.11 Å². The predicted octanol–water partition coefficient (Wildman–Crippen LogP) is 0.708. The fourth-order valence-electron chi connectivity index (χ4n) is 2.52. The van der Waals surface area contributed by atoms with Gasteiger partial charge in [0.15, 0.2) is 5.82 Å². The van der Waals surface area contributed by atoms with E-state index < -0.39 is 10.0 Å². The Morgan fingerprint density at radius 2 is 2.23 bits per heavy atom. The van der Waals surface area contributed by atoms with E-state index in [0.717, 1.165) is 30.9 Å². The van der Waals surface area contributed by atoms with Gasteiger partial charge in [-0.25, -0.2) is 13.1 Å². The van der Waals surface area contributed by atoms with Gasteiger partial charge in [0.1, 0.15) is 0 Å². The van der Waals surface area contributed by atoms with Crippen molar-refractivity contribution in [1.82, 2.24) is 14.9 Å². The second-order valence-corrected chi connectivity index (χ2v) is 7.56. The number of methoxy groups -OCH3 is 1. The van der Waals surface area contributed by atoms with E-state index >= 15 is 0 Å². The van der Waals surface area contributed by atoms with Crippen molar-refractivity contribution in [2.24, 2.45) is 0 Å². The molecule has 2 heterocycles. The van der Waals surface area contributed by atoms with E-state index in [4.69, 9.17) is 4.74 Å². The van der Waals surface area contributed by atoms with Crippen LogP contribution in [0.2, 0.25) is 0 Å². The highest BCUT2D eigenvalue weighted by atomic mass is 32.2. The van der Waals surface area contributed by atoms with E-state index in [1.807, 2.05) is 19.1 Å². The van der Waals surface area contributed by atoms with E-state index in [2.05, 4.69) is 19.8 Å². The molecule has 1 fully saturated rings. The van der Waals surface area contributed by atoms with Crippen LogP contribution in [0.5, 0.6) is 0 Å². The molecule has 0 amide bonds. The molecule has 0 saturated carbocycles. The topological polar surface area (TPSA) is 84.4 Å². The van der Waals surface area contributed by atoms with E-state index in [0.29, 0.717) is 6.54 Å². The lowest BCUT2D eigenvalue weighted by molar-refractivity contribution is 0.136. The second kappa shape index (κ2) is 7.34. The summed E-state index contributed by atoms with van der Waals surface area (Å²) in [6, 6.07) is 3.73. The zero-order valence-electron chi connectivity index (χ0n) is 13.3. The van der Waals surface area contributed by atoms with Gasteiger partial charge >= 0.3 is 0 Å². The van der Waals surface area contributed by atoms with Crippen LogP contribution in [0.3, 0.4) is 0 Å². The predicted molar refractivity (Wildman–Crippen MR) is 85.4 cm³/mol. The molecule has 2 rings (SSSR count). The minimum absolute atomic E-state index is 0.0235. The minimum atomic E-state index is -3.34. The summed E-state index contributed by atoms with van der Waals surface area (Å²) in [7, 11) is -1.83. The van der Waals surface area contributed by atoms with Gasteiger partial charge in [-0.15, -0.1) is 5.10 Å². The van der Waals surface area contributed by atoms with Crippen LogP contribution in [0.25, 0.3) is 0 Å². The zero-order chi connectivity index (χ0) is 16.2. The van der Waals surface area contributed by atoms with Gasteiger partial charge in [-0.2, -0.15) is 5.10 Å². The number of nitrogens with one attached hydrogen (secondary N) is 1. The molecule has 7 nitrogen and oxygen atoms in total. The average Bonchev–Trinajstić information content (AvgIpc) is 2.47. The third-order valence-corrected chi connectivity index (χ3v) is 5.33. The molecule has 0 aromatic carbocycles. The van der Waals surface area contributed by atoms with Crippen molar-refractivity contribution >= 4 is 15.8 Å². The number of nitrogens with zero attached hydrogens (tertiary/aromatic N) is 3. The van der Waals surface area contributed by atoms with Gasteiger partial charge in [-0.05, 0) is 38.8 Å². The first-order valence-corrected chi connectivity index (χ1v) is 9.13. The van der Waals surface area contributed by atoms with Crippen molar-refractivity contribution in [3.63, 3.8) is 0 Å². The van der Waals surface area contributed by atoms with Crippen molar-refractivity contribution in [3.05, 3.63) is 17.8 Å².